The lowest BCUT2D eigenvalue weighted by molar-refractivity contribution is 0.549. The molecule has 1 N–H and O–H groups in total. The van der Waals surface area contributed by atoms with Gasteiger partial charge in [-0.3, -0.25) is 0 Å². The Balaban J connectivity index is 2.00. The van der Waals surface area contributed by atoms with E-state index in [-0.39, 0.29) is 11.9 Å². The van der Waals surface area contributed by atoms with Crippen molar-refractivity contribution in [3.05, 3.63) is 57.0 Å². The third-order valence-corrected chi connectivity index (χ3v) is 3.87. The molecule has 1 aromatic carbocycles. The summed E-state index contributed by atoms with van der Waals surface area (Å²) in [5.41, 5.74) is 0.598. The SMILES string of the molecule is C[C@H](NCc1cc(Cl)ccc1F)c1cccs1. The predicted octanol–water partition coefficient (Wildman–Crippen LogP) is 4.39. The second-order valence-corrected chi connectivity index (χ2v) is 5.27. The van der Waals surface area contributed by atoms with Crippen molar-refractivity contribution in [1.82, 2.24) is 5.32 Å². The fourth-order valence-electron chi connectivity index (χ4n) is 1.58. The summed E-state index contributed by atoms with van der Waals surface area (Å²) >= 11 is 7.53. The molecule has 0 aliphatic carbocycles. The van der Waals surface area contributed by atoms with Crippen LogP contribution in [0.3, 0.4) is 0 Å². The van der Waals surface area contributed by atoms with E-state index in [1.807, 2.05) is 11.4 Å². The molecule has 0 bridgehead atoms. The highest BCUT2D eigenvalue weighted by Crippen LogP contribution is 2.20. The molecule has 1 nitrogen and oxygen atoms in total. The van der Waals surface area contributed by atoms with Crippen molar-refractivity contribution in [2.75, 3.05) is 0 Å². The highest BCUT2D eigenvalue weighted by atomic mass is 35.5. The molecule has 0 unspecified atom stereocenters. The third-order valence-electron chi connectivity index (χ3n) is 2.58. The first kappa shape index (κ1) is 12.6. The fraction of sp³-hybridized carbons (Fsp3) is 0.231. The quantitative estimate of drug-likeness (QED) is 0.868. The zero-order valence-corrected chi connectivity index (χ0v) is 11.0. The van der Waals surface area contributed by atoms with Gasteiger partial charge in [-0.25, -0.2) is 4.39 Å². The number of benzene rings is 1. The van der Waals surface area contributed by atoms with E-state index in [1.165, 1.54) is 10.9 Å². The van der Waals surface area contributed by atoms with E-state index in [0.717, 1.165) is 0 Å². The van der Waals surface area contributed by atoms with Gasteiger partial charge >= 0.3 is 0 Å². The molecule has 1 heterocycles. The summed E-state index contributed by atoms with van der Waals surface area (Å²) in [5, 5.41) is 5.88. The van der Waals surface area contributed by atoms with Crippen molar-refractivity contribution in [2.24, 2.45) is 0 Å². The number of rotatable bonds is 4. The highest BCUT2D eigenvalue weighted by molar-refractivity contribution is 7.10. The second-order valence-electron chi connectivity index (χ2n) is 3.85. The van der Waals surface area contributed by atoms with Gasteiger partial charge in [0.25, 0.3) is 0 Å². The van der Waals surface area contributed by atoms with Crippen LogP contribution in [0.4, 0.5) is 4.39 Å². The first-order valence-corrected chi connectivity index (χ1v) is 6.63. The van der Waals surface area contributed by atoms with Gasteiger partial charge in [0.05, 0.1) is 0 Å². The summed E-state index contributed by atoms with van der Waals surface area (Å²) in [7, 11) is 0. The third kappa shape index (κ3) is 3.28. The molecule has 0 aliphatic heterocycles. The maximum Gasteiger partial charge on any atom is 0.127 e. The second kappa shape index (κ2) is 5.63. The minimum atomic E-state index is -0.222. The average Bonchev–Trinajstić information content (AvgIpc) is 2.83. The molecule has 1 atom stereocenters. The van der Waals surface area contributed by atoms with Crippen LogP contribution in [0.25, 0.3) is 0 Å². The maximum absolute atomic E-state index is 13.5. The molecule has 0 spiro atoms. The van der Waals surface area contributed by atoms with Crippen LogP contribution in [0.2, 0.25) is 5.02 Å². The molecule has 2 rings (SSSR count). The van der Waals surface area contributed by atoms with Crippen molar-refractivity contribution >= 4 is 22.9 Å². The van der Waals surface area contributed by atoms with Gasteiger partial charge in [-0.15, -0.1) is 11.3 Å². The Kier molecular flexibility index (Phi) is 4.15. The minimum absolute atomic E-state index is 0.216. The molecule has 0 saturated carbocycles. The van der Waals surface area contributed by atoms with Crippen molar-refractivity contribution in [3.63, 3.8) is 0 Å². The standard InChI is InChI=1S/C13H13ClFNS/c1-9(13-3-2-6-17-13)16-8-10-7-11(14)4-5-12(10)15/h2-7,9,16H,8H2,1H3/t9-/m0/s1. The van der Waals surface area contributed by atoms with Crippen molar-refractivity contribution in [3.8, 4) is 0 Å². The van der Waals surface area contributed by atoms with E-state index in [4.69, 9.17) is 11.6 Å². The van der Waals surface area contributed by atoms with Crippen LogP contribution in [-0.4, -0.2) is 0 Å². The lowest BCUT2D eigenvalue weighted by Crippen LogP contribution is -2.17. The number of thiophene rings is 1. The van der Waals surface area contributed by atoms with E-state index in [2.05, 4.69) is 18.3 Å². The normalized spacial score (nSPS) is 12.6. The molecule has 0 radical (unpaired) electrons. The Bertz CT molecular complexity index is 484. The van der Waals surface area contributed by atoms with E-state index >= 15 is 0 Å². The van der Waals surface area contributed by atoms with Crippen LogP contribution in [0.15, 0.2) is 35.7 Å². The number of nitrogens with one attached hydrogen (secondary N) is 1. The summed E-state index contributed by atoms with van der Waals surface area (Å²) in [6, 6.07) is 8.91. The summed E-state index contributed by atoms with van der Waals surface area (Å²) in [6.07, 6.45) is 0. The van der Waals surface area contributed by atoms with Crippen molar-refractivity contribution in [2.45, 2.75) is 19.5 Å². The minimum Gasteiger partial charge on any atom is -0.305 e. The molecule has 0 aliphatic rings. The molecule has 0 fully saturated rings. The van der Waals surface area contributed by atoms with E-state index < -0.39 is 0 Å². The maximum atomic E-state index is 13.5. The van der Waals surface area contributed by atoms with Gasteiger partial charge in [-0.05, 0) is 36.6 Å². The Morgan fingerprint density at radius 3 is 2.94 bits per heavy atom. The van der Waals surface area contributed by atoms with Crippen LogP contribution in [0, 0.1) is 5.82 Å². The summed E-state index contributed by atoms with van der Waals surface area (Å²) in [4.78, 5) is 1.24. The first-order valence-electron chi connectivity index (χ1n) is 5.37. The Labute approximate surface area is 109 Å². The van der Waals surface area contributed by atoms with Crippen molar-refractivity contribution < 1.29 is 4.39 Å². The number of hydrogen-bond acceptors (Lipinski definition) is 2. The van der Waals surface area contributed by atoms with E-state index in [1.54, 1.807) is 23.5 Å². The van der Waals surface area contributed by atoms with Crippen LogP contribution in [0.5, 0.6) is 0 Å². The van der Waals surface area contributed by atoms with Crippen LogP contribution >= 0.6 is 22.9 Å². The van der Waals surface area contributed by atoms with Gasteiger partial charge in [-0.2, -0.15) is 0 Å². The van der Waals surface area contributed by atoms with Crippen LogP contribution < -0.4 is 5.32 Å². The molecule has 0 saturated heterocycles. The zero-order chi connectivity index (χ0) is 12.3. The highest BCUT2D eigenvalue weighted by Gasteiger charge is 2.08. The molecule has 4 heteroatoms. The van der Waals surface area contributed by atoms with Gasteiger partial charge < -0.3 is 5.32 Å². The average molecular weight is 270 g/mol. The fourth-order valence-corrected chi connectivity index (χ4v) is 2.53. The van der Waals surface area contributed by atoms with Gasteiger partial charge in [0, 0.05) is 28.0 Å². The van der Waals surface area contributed by atoms with E-state index in [9.17, 15) is 4.39 Å². The molecule has 90 valence electrons. The number of hydrogen-bond donors (Lipinski definition) is 1. The Hall–Kier alpha value is -0.900. The lowest BCUT2D eigenvalue weighted by Gasteiger charge is -2.12. The van der Waals surface area contributed by atoms with Crippen molar-refractivity contribution in [1.29, 1.82) is 0 Å². The molecular formula is C13H13ClFNS. The summed E-state index contributed by atoms with van der Waals surface area (Å²) in [5.74, 6) is -0.222. The Morgan fingerprint density at radius 2 is 2.24 bits per heavy atom. The van der Waals surface area contributed by atoms with Gasteiger partial charge in [-0.1, -0.05) is 17.7 Å². The lowest BCUT2D eigenvalue weighted by atomic mass is 10.2. The number of halogens is 2. The Morgan fingerprint density at radius 1 is 1.41 bits per heavy atom. The molecule has 17 heavy (non-hydrogen) atoms. The molecule has 2 aromatic rings. The molecule has 1 aromatic heterocycles. The van der Waals surface area contributed by atoms with Gasteiger partial charge in [0.15, 0.2) is 0 Å². The summed E-state index contributed by atoms with van der Waals surface area (Å²) in [6.45, 7) is 2.54. The van der Waals surface area contributed by atoms with Crippen LogP contribution in [0.1, 0.15) is 23.4 Å². The zero-order valence-electron chi connectivity index (χ0n) is 9.41. The largest absolute Gasteiger partial charge is 0.305 e. The predicted molar refractivity (Wildman–Crippen MR) is 71.0 cm³/mol. The van der Waals surface area contributed by atoms with Gasteiger partial charge in [0.2, 0.25) is 0 Å². The molecular weight excluding hydrogens is 257 g/mol. The molecule has 0 amide bonds. The monoisotopic (exact) mass is 269 g/mol. The van der Waals surface area contributed by atoms with Crippen LogP contribution in [-0.2, 0) is 6.54 Å². The van der Waals surface area contributed by atoms with Gasteiger partial charge in [0.1, 0.15) is 5.82 Å². The first-order chi connectivity index (χ1) is 8.16. The topological polar surface area (TPSA) is 12.0 Å². The van der Waals surface area contributed by atoms with E-state index in [0.29, 0.717) is 17.1 Å². The smallest absolute Gasteiger partial charge is 0.127 e. The summed E-state index contributed by atoms with van der Waals surface area (Å²) < 4.78 is 13.5.